The van der Waals surface area contributed by atoms with E-state index in [1.54, 1.807) is 4.90 Å². The number of carbonyl (C=O) groups excluding carboxylic acids is 2. The summed E-state index contributed by atoms with van der Waals surface area (Å²) in [6, 6.07) is 15.5. The van der Waals surface area contributed by atoms with E-state index in [1.807, 2.05) is 60.5 Å². The molecule has 4 rings (SSSR count). The van der Waals surface area contributed by atoms with Crippen molar-refractivity contribution in [3.05, 3.63) is 69.7 Å². The van der Waals surface area contributed by atoms with Gasteiger partial charge in [-0.1, -0.05) is 47.5 Å². The van der Waals surface area contributed by atoms with E-state index >= 15 is 0 Å². The van der Waals surface area contributed by atoms with E-state index < -0.39 is 0 Å². The smallest absolute Gasteiger partial charge is 0.317 e. The predicted octanol–water partition coefficient (Wildman–Crippen LogP) is 5.15. The molecule has 2 saturated heterocycles. The highest BCUT2D eigenvalue weighted by Crippen LogP contribution is 2.30. The van der Waals surface area contributed by atoms with Gasteiger partial charge in [0.1, 0.15) is 0 Å². The van der Waals surface area contributed by atoms with E-state index in [9.17, 15) is 9.59 Å². The van der Waals surface area contributed by atoms with Crippen molar-refractivity contribution in [3.63, 3.8) is 0 Å². The fourth-order valence-electron chi connectivity index (χ4n) is 4.97. The van der Waals surface area contributed by atoms with Crippen molar-refractivity contribution >= 4 is 47.5 Å². The normalized spacial score (nSPS) is 17.6. The summed E-state index contributed by atoms with van der Waals surface area (Å²) in [7, 11) is 1.85. The lowest BCUT2D eigenvalue weighted by Crippen LogP contribution is -2.46. The number of nitrogens with one attached hydrogen (secondary N) is 1. The zero-order valence-corrected chi connectivity index (χ0v) is 22.3. The van der Waals surface area contributed by atoms with E-state index in [0.717, 1.165) is 57.5 Å². The molecule has 2 aliphatic heterocycles. The highest BCUT2D eigenvalue weighted by molar-refractivity contribution is 6.42. The van der Waals surface area contributed by atoms with Crippen LogP contribution in [-0.4, -0.2) is 79.0 Å². The van der Waals surface area contributed by atoms with Crippen LogP contribution in [0, 0.1) is 0 Å². The van der Waals surface area contributed by atoms with Gasteiger partial charge in [0, 0.05) is 57.3 Å². The largest absolute Gasteiger partial charge is 0.341 e. The van der Waals surface area contributed by atoms with Crippen LogP contribution in [-0.2, 0) is 0 Å². The highest BCUT2D eigenvalue weighted by atomic mass is 35.5. The van der Waals surface area contributed by atoms with Crippen molar-refractivity contribution in [2.45, 2.75) is 31.2 Å². The number of likely N-dealkylation sites (N-methyl/N-ethyl adjacent to an activating group) is 1. The molecule has 1 atom stereocenters. The minimum atomic E-state index is 0. The lowest BCUT2D eigenvalue weighted by atomic mass is 9.94. The standard InChI is InChI=1S/C26H32Cl2N4O2.ClH/c1-30(25(33)19-5-3-2-4-6-19)18-21(20-7-8-23(27)24(28)17-20)9-13-31-14-10-22(11-15-31)32-16-12-29-26(32)34;/h2-8,17,21-22H,9-16,18H2,1H3,(H,29,34);1H. The summed E-state index contributed by atoms with van der Waals surface area (Å²) in [6.07, 6.45) is 2.90. The molecule has 2 aliphatic rings. The van der Waals surface area contributed by atoms with Gasteiger partial charge in [0.15, 0.2) is 0 Å². The maximum atomic E-state index is 13.0. The topological polar surface area (TPSA) is 55.9 Å². The van der Waals surface area contributed by atoms with Crippen LogP contribution in [0.5, 0.6) is 0 Å². The first-order valence-corrected chi connectivity index (χ1v) is 12.7. The molecule has 0 spiro atoms. The number of amides is 3. The average molecular weight is 540 g/mol. The Kier molecular flexibility index (Phi) is 10.1. The number of urea groups is 1. The Hall–Kier alpha value is -1.99. The first kappa shape index (κ1) is 27.6. The molecule has 1 unspecified atom stereocenters. The van der Waals surface area contributed by atoms with E-state index in [2.05, 4.69) is 10.2 Å². The number of hydrogen-bond acceptors (Lipinski definition) is 3. The molecule has 2 heterocycles. The lowest BCUT2D eigenvalue weighted by molar-refractivity contribution is 0.0780. The molecule has 2 aromatic rings. The first-order valence-electron chi connectivity index (χ1n) is 11.9. The minimum absolute atomic E-state index is 0. The summed E-state index contributed by atoms with van der Waals surface area (Å²) < 4.78 is 0. The summed E-state index contributed by atoms with van der Waals surface area (Å²) in [4.78, 5) is 31.2. The lowest BCUT2D eigenvalue weighted by Gasteiger charge is -2.37. The Morgan fingerprint density at radius 1 is 1.09 bits per heavy atom. The maximum Gasteiger partial charge on any atom is 0.317 e. The van der Waals surface area contributed by atoms with Crippen molar-refractivity contribution < 1.29 is 9.59 Å². The fraction of sp³-hybridized carbons (Fsp3) is 0.462. The molecule has 190 valence electrons. The van der Waals surface area contributed by atoms with Gasteiger partial charge in [0.05, 0.1) is 10.0 Å². The summed E-state index contributed by atoms with van der Waals surface area (Å²) in [5, 5.41) is 3.97. The Balaban J connectivity index is 0.00000342. The molecule has 0 bridgehead atoms. The number of likely N-dealkylation sites (tertiary alicyclic amines) is 1. The monoisotopic (exact) mass is 538 g/mol. The van der Waals surface area contributed by atoms with Gasteiger partial charge in [-0.2, -0.15) is 0 Å². The van der Waals surface area contributed by atoms with E-state index in [4.69, 9.17) is 23.2 Å². The van der Waals surface area contributed by atoms with Gasteiger partial charge in [-0.3, -0.25) is 4.79 Å². The second-order valence-electron chi connectivity index (χ2n) is 9.21. The molecule has 6 nitrogen and oxygen atoms in total. The van der Waals surface area contributed by atoms with Gasteiger partial charge in [0.2, 0.25) is 0 Å². The molecule has 0 saturated carbocycles. The molecule has 0 aromatic heterocycles. The summed E-state index contributed by atoms with van der Waals surface area (Å²) in [6.45, 7) is 5.03. The average Bonchev–Trinajstić information content (AvgIpc) is 3.29. The predicted molar refractivity (Wildman–Crippen MR) is 144 cm³/mol. The molecule has 1 N–H and O–H groups in total. The van der Waals surface area contributed by atoms with Crippen LogP contribution in [0.15, 0.2) is 48.5 Å². The van der Waals surface area contributed by atoms with Crippen molar-refractivity contribution in [1.82, 2.24) is 20.0 Å². The minimum Gasteiger partial charge on any atom is -0.341 e. The number of benzene rings is 2. The maximum absolute atomic E-state index is 13.0. The number of halogens is 3. The highest BCUT2D eigenvalue weighted by Gasteiger charge is 2.31. The number of rotatable bonds is 8. The molecule has 35 heavy (non-hydrogen) atoms. The third-order valence-corrected chi connectivity index (χ3v) is 7.70. The molecule has 3 amide bonds. The Labute approximate surface area is 223 Å². The van der Waals surface area contributed by atoms with Gasteiger partial charge in [0.25, 0.3) is 5.91 Å². The number of hydrogen-bond donors (Lipinski definition) is 1. The van der Waals surface area contributed by atoms with Crippen LogP contribution in [0.3, 0.4) is 0 Å². The number of nitrogens with zero attached hydrogens (tertiary/aromatic N) is 3. The Morgan fingerprint density at radius 2 is 1.80 bits per heavy atom. The van der Waals surface area contributed by atoms with Crippen molar-refractivity contribution in [2.75, 3.05) is 46.3 Å². The van der Waals surface area contributed by atoms with Crippen LogP contribution in [0.1, 0.15) is 41.1 Å². The van der Waals surface area contributed by atoms with Crippen LogP contribution >= 0.6 is 35.6 Å². The van der Waals surface area contributed by atoms with Crippen molar-refractivity contribution in [3.8, 4) is 0 Å². The van der Waals surface area contributed by atoms with Gasteiger partial charge < -0.3 is 20.0 Å². The molecule has 2 fully saturated rings. The van der Waals surface area contributed by atoms with Crippen molar-refractivity contribution in [2.24, 2.45) is 0 Å². The number of carbonyl (C=O) groups is 2. The van der Waals surface area contributed by atoms with Crippen LogP contribution in [0.4, 0.5) is 4.79 Å². The fourth-order valence-corrected chi connectivity index (χ4v) is 5.28. The quantitative estimate of drug-likeness (QED) is 0.505. The molecule has 0 radical (unpaired) electrons. The molecular formula is C26H33Cl3N4O2. The molecule has 2 aromatic carbocycles. The van der Waals surface area contributed by atoms with Crippen LogP contribution in [0.25, 0.3) is 0 Å². The zero-order chi connectivity index (χ0) is 24.1. The van der Waals surface area contributed by atoms with E-state index in [1.165, 1.54) is 0 Å². The molecule has 9 heteroatoms. The van der Waals surface area contributed by atoms with Gasteiger partial charge >= 0.3 is 6.03 Å². The summed E-state index contributed by atoms with van der Waals surface area (Å²) in [5.41, 5.74) is 1.77. The molecule has 0 aliphatic carbocycles. The SMILES string of the molecule is CN(CC(CCN1CCC(N2CCNC2=O)CC1)c1ccc(Cl)c(Cl)c1)C(=O)c1ccccc1.Cl. The second kappa shape index (κ2) is 12.8. The van der Waals surface area contributed by atoms with Crippen LogP contribution < -0.4 is 5.32 Å². The first-order chi connectivity index (χ1) is 16.4. The summed E-state index contributed by atoms with van der Waals surface area (Å²) in [5.74, 6) is 0.143. The zero-order valence-electron chi connectivity index (χ0n) is 20.0. The van der Waals surface area contributed by atoms with Gasteiger partial charge in [-0.25, -0.2) is 4.79 Å². The van der Waals surface area contributed by atoms with Crippen LogP contribution in [0.2, 0.25) is 10.0 Å². The third-order valence-electron chi connectivity index (χ3n) is 6.96. The Morgan fingerprint density at radius 3 is 2.43 bits per heavy atom. The van der Waals surface area contributed by atoms with Gasteiger partial charge in [-0.15, -0.1) is 12.4 Å². The van der Waals surface area contributed by atoms with Gasteiger partial charge in [-0.05, 0) is 55.6 Å². The molecular weight excluding hydrogens is 507 g/mol. The summed E-state index contributed by atoms with van der Waals surface area (Å²) >= 11 is 12.5. The second-order valence-corrected chi connectivity index (χ2v) is 10.0. The third kappa shape index (κ3) is 7.04. The van der Waals surface area contributed by atoms with Crippen molar-refractivity contribution in [1.29, 1.82) is 0 Å². The number of piperidine rings is 1. The Bertz CT molecular complexity index is 999. The van der Waals surface area contributed by atoms with E-state index in [0.29, 0.717) is 28.2 Å². The van der Waals surface area contributed by atoms with E-state index in [-0.39, 0.29) is 30.3 Å².